The Balaban J connectivity index is 1.77. The number of carbonyl (C=O) groups excluding carboxylic acids is 1. The Hall–Kier alpha value is -2.73. The van der Waals surface area contributed by atoms with Crippen LogP contribution >= 0.6 is 11.3 Å². The third kappa shape index (κ3) is 3.73. The number of nitrogens with one attached hydrogen (secondary N) is 1. The Labute approximate surface area is 136 Å². The number of halogens is 1. The standard InChI is InChI=1S/C17H14FN3OS/c18-12-7-5-11(6-8-12)9-16(22)20-14-4-2-1-3-13(14)15-10-23-17(19)21-15/h1-8,10H,9H2,(H2,19,21)(H,20,22). The monoisotopic (exact) mass is 327 g/mol. The highest BCUT2D eigenvalue weighted by molar-refractivity contribution is 7.13. The molecule has 0 saturated heterocycles. The fourth-order valence-electron chi connectivity index (χ4n) is 2.21. The zero-order valence-corrected chi connectivity index (χ0v) is 12.9. The molecule has 6 heteroatoms. The van der Waals surface area contributed by atoms with Crippen LogP contribution < -0.4 is 11.1 Å². The van der Waals surface area contributed by atoms with Crippen LogP contribution in [-0.2, 0) is 11.2 Å². The van der Waals surface area contributed by atoms with Crippen molar-refractivity contribution in [3.63, 3.8) is 0 Å². The second kappa shape index (κ2) is 6.58. The van der Waals surface area contributed by atoms with E-state index in [4.69, 9.17) is 5.73 Å². The van der Waals surface area contributed by atoms with Crippen LogP contribution in [0.25, 0.3) is 11.3 Å². The summed E-state index contributed by atoms with van der Waals surface area (Å²) in [6, 6.07) is 13.3. The zero-order chi connectivity index (χ0) is 16.2. The second-order valence-electron chi connectivity index (χ2n) is 4.97. The van der Waals surface area contributed by atoms with E-state index in [0.29, 0.717) is 10.8 Å². The van der Waals surface area contributed by atoms with E-state index in [2.05, 4.69) is 10.3 Å². The lowest BCUT2D eigenvalue weighted by molar-refractivity contribution is -0.115. The number of amides is 1. The van der Waals surface area contributed by atoms with Crippen LogP contribution in [0.4, 0.5) is 15.2 Å². The minimum atomic E-state index is -0.319. The Bertz CT molecular complexity index is 830. The molecule has 0 aliphatic heterocycles. The molecule has 0 radical (unpaired) electrons. The first-order valence-corrected chi connectivity index (χ1v) is 7.84. The van der Waals surface area contributed by atoms with E-state index in [-0.39, 0.29) is 18.1 Å². The molecule has 0 atom stereocenters. The van der Waals surface area contributed by atoms with Gasteiger partial charge >= 0.3 is 0 Å². The van der Waals surface area contributed by atoms with E-state index >= 15 is 0 Å². The van der Waals surface area contributed by atoms with Crippen LogP contribution in [0.15, 0.2) is 53.9 Å². The lowest BCUT2D eigenvalue weighted by Crippen LogP contribution is -2.15. The molecule has 0 spiro atoms. The molecule has 0 bridgehead atoms. The highest BCUT2D eigenvalue weighted by Gasteiger charge is 2.11. The third-order valence-electron chi connectivity index (χ3n) is 3.28. The molecule has 0 fully saturated rings. The summed E-state index contributed by atoms with van der Waals surface area (Å²) in [4.78, 5) is 16.5. The summed E-state index contributed by atoms with van der Waals surface area (Å²) in [6.07, 6.45) is 0.174. The number of anilines is 2. The van der Waals surface area contributed by atoms with Crippen molar-refractivity contribution in [3.8, 4) is 11.3 Å². The molecular weight excluding hydrogens is 313 g/mol. The quantitative estimate of drug-likeness (QED) is 0.767. The normalized spacial score (nSPS) is 10.5. The second-order valence-corrected chi connectivity index (χ2v) is 5.86. The topological polar surface area (TPSA) is 68.0 Å². The van der Waals surface area contributed by atoms with Gasteiger partial charge < -0.3 is 11.1 Å². The van der Waals surface area contributed by atoms with E-state index in [1.54, 1.807) is 12.1 Å². The van der Waals surface area contributed by atoms with Crippen LogP contribution in [0.1, 0.15) is 5.56 Å². The number of nitrogens with two attached hydrogens (primary N) is 1. The molecule has 1 amide bonds. The number of benzene rings is 2. The summed E-state index contributed by atoms with van der Waals surface area (Å²) >= 11 is 1.35. The number of nitrogen functional groups attached to an aromatic ring is 1. The molecule has 3 aromatic rings. The fourth-order valence-corrected chi connectivity index (χ4v) is 2.77. The van der Waals surface area contributed by atoms with Gasteiger partial charge in [-0.1, -0.05) is 30.3 Å². The van der Waals surface area contributed by atoms with Crippen molar-refractivity contribution in [2.45, 2.75) is 6.42 Å². The maximum Gasteiger partial charge on any atom is 0.228 e. The smallest absolute Gasteiger partial charge is 0.228 e. The average Bonchev–Trinajstić information content (AvgIpc) is 2.96. The van der Waals surface area contributed by atoms with Gasteiger partial charge in [0.1, 0.15) is 5.82 Å². The Morgan fingerprint density at radius 1 is 1.17 bits per heavy atom. The highest BCUT2D eigenvalue weighted by Crippen LogP contribution is 2.29. The van der Waals surface area contributed by atoms with Gasteiger partial charge in [-0.3, -0.25) is 4.79 Å². The van der Waals surface area contributed by atoms with Crippen molar-refractivity contribution in [1.29, 1.82) is 0 Å². The first-order valence-electron chi connectivity index (χ1n) is 6.96. The summed E-state index contributed by atoms with van der Waals surface area (Å²) in [7, 11) is 0. The Morgan fingerprint density at radius 3 is 2.61 bits per heavy atom. The third-order valence-corrected chi connectivity index (χ3v) is 3.95. The van der Waals surface area contributed by atoms with Crippen LogP contribution in [0.5, 0.6) is 0 Å². The molecule has 0 unspecified atom stereocenters. The molecule has 2 aromatic carbocycles. The number of hydrogen-bond acceptors (Lipinski definition) is 4. The van der Waals surface area contributed by atoms with Gasteiger partial charge in [-0.25, -0.2) is 9.37 Å². The summed E-state index contributed by atoms with van der Waals surface area (Å²) < 4.78 is 12.9. The van der Waals surface area contributed by atoms with Crippen molar-refractivity contribution in [2.24, 2.45) is 0 Å². The first kappa shape index (κ1) is 15.2. The number of carbonyl (C=O) groups is 1. The van der Waals surface area contributed by atoms with E-state index < -0.39 is 0 Å². The molecule has 4 nitrogen and oxygen atoms in total. The van der Waals surface area contributed by atoms with Crippen LogP contribution in [0.3, 0.4) is 0 Å². The fraction of sp³-hybridized carbons (Fsp3) is 0.0588. The predicted octanol–water partition coefficient (Wildman–Crippen LogP) is 3.71. The van der Waals surface area contributed by atoms with Gasteiger partial charge in [0.15, 0.2) is 5.13 Å². The van der Waals surface area contributed by atoms with Gasteiger partial charge in [-0.05, 0) is 23.8 Å². The SMILES string of the molecule is Nc1nc(-c2ccccc2NC(=O)Cc2ccc(F)cc2)cs1. The summed E-state index contributed by atoms with van der Waals surface area (Å²) in [6.45, 7) is 0. The van der Waals surface area contributed by atoms with Crippen molar-refractivity contribution < 1.29 is 9.18 Å². The van der Waals surface area contributed by atoms with E-state index in [9.17, 15) is 9.18 Å². The Morgan fingerprint density at radius 2 is 1.91 bits per heavy atom. The number of hydrogen-bond donors (Lipinski definition) is 2. The average molecular weight is 327 g/mol. The minimum absolute atomic E-state index is 0.174. The lowest BCUT2D eigenvalue weighted by Gasteiger charge is -2.09. The van der Waals surface area contributed by atoms with Gasteiger partial charge in [0.25, 0.3) is 0 Å². The predicted molar refractivity (Wildman–Crippen MR) is 90.7 cm³/mol. The Kier molecular flexibility index (Phi) is 4.34. The number of rotatable bonds is 4. The number of para-hydroxylation sites is 1. The molecular formula is C17H14FN3OS. The van der Waals surface area contributed by atoms with E-state index in [0.717, 1.165) is 16.8 Å². The largest absolute Gasteiger partial charge is 0.375 e. The molecule has 23 heavy (non-hydrogen) atoms. The van der Waals surface area contributed by atoms with Crippen LogP contribution in [0, 0.1) is 5.82 Å². The molecule has 0 aliphatic carbocycles. The van der Waals surface area contributed by atoms with Crippen LogP contribution in [0.2, 0.25) is 0 Å². The van der Waals surface area contributed by atoms with Crippen molar-refractivity contribution >= 4 is 28.1 Å². The minimum Gasteiger partial charge on any atom is -0.375 e. The van der Waals surface area contributed by atoms with Crippen molar-refractivity contribution in [3.05, 3.63) is 65.3 Å². The maximum atomic E-state index is 12.9. The molecule has 1 heterocycles. The highest BCUT2D eigenvalue weighted by atomic mass is 32.1. The summed E-state index contributed by atoms with van der Waals surface area (Å²) in [5.74, 6) is -0.493. The summed E-state index contributed by atoms with van der Waals surface area (Å²) in [5, 5.41) is 5.20. The van der Waals surface area contributed by atoms with Gasteiger partial charge in [-0.15, -0.1) is 11.3 Å². The molecule has 3 N–H and O–H groups in total. The number of thiazole rings is 1. The molecule has 3 rings (SSSR count). The van der Waals surface area contributed by atoms with Gasteiger partial charge in [0, 0.05) is 10.9 Å². The van der Waals surface area contributed by atoms with Crippen molar-refractivity contribution in [2.75, 3.05) is 11.1 Å². The molecule has 1 aromatic heterocycles. The zero-order valence-electron chi connectivity index (χ0n) is 12.1. The van der Waals surface area contributed by atoms with E-state index in [1.807, 2.05) is 29.6 Å². The van der Waals surface area contributed by atoms with E-state index in [1.165, 1.54) is 23.5 Å². The first-order chi connectivity index (χ1) is 11.1. The molecule has 0 saturated carbocycles. The summed E-state index contributed by atoms with van der Waals surface area (Å²) in [5.41, 5.74) is 8.63. The van der Waals surface area contributed by atoms with Crippen molar-refractivity contribution in [1.82, 2.24) is 4.98 Å². The van der Waals surface area contributed by atoms with Gasteiger partial charge in [0.2, 0.25) is 5.91 Å². The number of nitrogens with zero attached hydrogens (tertiary/aromatic N) is 1. The lowest BCUT2D eigenvalue weighted by atomic mass is 10.1. The molecule has 116 valence electrons. The van der Waals surface area contributed by atoms with Gasteiger partial charge in [0.05, 0.1) is 17.8 Å². The van der Waals surface area contributed by atoms with Gasteiger partial charge in [-0.2, -0.15) is 0 Å². The number of aromatic nitrogens is 1. The molecule has 0 aliphatic rings. The maximum absolute atomic E-state index is 12.9. The van der Waals surface area contributed by atoms with Crippen LogP contribution in [-0.4, -0.2) is 10.9 Å².